The molecular weight excluding hydrogens is 479 g/mol. The van der Waals surface area contributed by atoms with E-state index in [1.165, 1.54) is 24.4 Å². The molecule has 0 radical (unpaired) electrons. The van der Waals surface area contributed by atoms with Crippen LogP contribution in [0.2, 0.25) is 5.02 Å². The van der Waals surface area contributed by atoms with Crippen molar-refractivity contribution >= 4 is 40.9 Å². The van der Waals surface area contributed by atoms with Crippen molar-refractivity contribution in [1.29, 1.82) is 0 Å². The van der Waals surface area contributed by atoms with Crippen LogP contribution in [0.5, 0.6) is 0 Å². The Morgan fingerprint density at radius 2 is 1.57 bits per heavy atom. The molecule has 0 aliphatic heterocycles. The summed E-state index contributed by atoms with van der Waals surface area (Å²) in [5, 5.41) is 0.485. The average molecular weight is 498 g/mol. The molecule has 0 aromatic heterocycles. The number of hydrogen-bond acceptors (Lipinski definition) is 4. The summed E-state index contributed by atoms with van der Waals surface area (Å²) in [4.78, 5) is 30.8. The maximum Gasteiger partial charge on any atom is 0.416 e. The molecule has 0 fully saturated rings. The summed E-state index contributed by atoms with van der Waals surface area (Å²) in [5.41, 5.74) is 6.15. The van der Waals surface area contributed by atoms with Gasteiger partial charge in [0.1, 0.15) is 5.82 Å². The number of allylic oxidation sites excluding steroid dienone is 1. The van der Waals surface area contributed by atoms with Gasteiger partial charge in [0.05, 0.1) is 11.3 Å². The molecular formula is C26H19ClF3N3O2. The van der Waals surface area contributed by atoms with E-state index in [2.05, 4.69) is 11.6 Å². The number of anilines is 1. The lowest BCUT2D eigenvalue weighted by atomic mass is 10.1. The van der Waals surface area contributed by atoms with Crippen molar-refractivity contribution in [2.45, 2.75) is 6.18 Å². The first-order chi connectivity index (χ1) is 16.6. The molecule has 0 unspecified atom stereocenters. The van der Waals surface area contributed by atoms with Gasteiger partial charge in [-0.2, -0.15) is 13.2 Å². The van der Waals surface area contributed by atoms with Gasteiger partial charge in [-0.05, 0) is 48.0 Å². The second kappa shape index (κ2) is 10.8. The second-order valence-electron chi connectivity index (χ2n) is 7.21. The number of amides is 1. The fourth-order valence-corrected chi connectivity index (χ4v) is 3.21. The number of alkyl halides is 3. The minimum atomic E-state index is -4.56. The Labute approximate surface area is 204 Å². The van der Waals surface area contributed by atoms with Gasteiger partial charge in [0.25, 0.3) is 5.78 Å². The number of rotatable bonds is 7. The van der Waals surface area contributed by atoms with Crippen LogP contribution in [0.25, 0.3) is 5.70 Å². The molecule has 178 valence electrons. The molecule has 3 aromatic carbocycles. The fourth-order valence-electron chi connectivity index (χ4n) is 3.02. The van der Waals surface area contributed by atoms with Crippen molar-refractivity contribution in [2.24, 2.45) is 10.7 Å². The van der Waals surface area contributed by atoms with E-state index in [1.54, 1.807) is 42.5 Å². The number of Topliss-reactive ketones (excluding diaryl/α,β-unsaturated/α-hetero) is 1. The number of hydrogen-bond donors (Lipinski definition) is 1. The normalized spacial score (nSPS) is 11.9. The number of halogens is 4. The SMILES string of the molecule is C=C(/N=C\C=C(/N)c1cccc(Cl)c1)N(C(=O)C(=O)c1ccccc1)c1ccc(C(F)(F)F)cc1. The van der Waals surface area contributed by atoms with Gasteiger partial charge in [-0.25, -0.2) is 4.99 Å². The summed E-state index contributed by atoms with van der Waals surface area (Å²) in [5.74, 6) is -2.12. The summed E-state index contributed by atoms with van der Waals surface area (Å²) < 4.78 is 39.0. The van der Waals surface area contributed by atoms with Crippen LogP contribution in [-0.4, -0.2) is 17.9 Å². The van der Waals surface area contributed by atoms with Gasteiger partial charge in [0.2, 0.25) is 0 Å². The van der Waals surface area contributed by atoms with E-state index in [0.29, 0.717) is 16.3 Å². The molecule has 3 rings (SSSR count). The number of aliphatic imine (C=N–C) groups is 1. The van der Waals surface area contributed by atoms with Gasteiger partial charge in [0, 0.05) is 22.5 Å². The van der Waals surface area contributed by atoms with Crippen molar-refractivity contribution in [1.82, 2.24) is 0 Å². The number of carbonyl (C=O) groups excluding carboxylic acids is 2. The van der Waals surface area contributed by atoms with E-state index in [0.717, 1.165) is 29.2 Å². The topological polar surface area (TPSA) is 75.8 Å². The zero-order chi connectivity index (χ0) is 25.6. The third kappa shape index (κ3) is 6.45. The highest BCUT2D eigenvalue weighted by molar-refractivity contribution is 6.47. The molecule has 0 aliphatic rings. The van der Waals surface area contributed by atoms with Crippen LogP contribution in [0, 0.1) is 0 Å². The Kier molecular flexibility index (Phi) is 7.88. The molecule has 3 aromatic rings. The first-order valence-electron chi connectivity index (χ1n) is 10.1. The van der Waals surface area contributed by atoms with E-state index in [9.17, 15) is 22.8 Å². The van der Waals surface area contributed by atoms with Crippen LogP contribution in [0.4, 0.5) is 18.9 Å². The first kappa shape index (κ1) is 25.5. The molecule has 9 heteroatoms. The third-order valence-corrected chi connectivity index (χ3v) is 5.01. The van der Waals surface area contributed by atoms with Gasteiger partial charge in [0.15, 0.2) is 0 Å². The molecule has 0 saturated carbocycles. The average Bonchev–Trinajstić information content (AvgIpc) is 2.84. The number of carbonyl (C=O) groups is 2. The molecule has 0 spiro atoms. The molecule has 5 nitrogen and oxygen atoms in total. The van der Waals surface area contributed by atoms with E-state index in [-0.39, 0.29) is 17.1 Å². The lowest BCUT2D eigenvalue weighted by molar-refractivity contribution is -0.137. The highest BCUT2D eigenvalue weighted by Crippen LogP contribution is 2.31. The summed E-state index contributed by atoms with van der Waals surface area (Å²) in [7, 11) is 0. The van der Waals surface area contributed by atoms with Crippen LogP contribution < -0.4 is 10.6 Å². The molecule has 0 saturated heterocycles. The van der Waals surface area contributed by atoms with Crippen molar-refractivity contribution in [3.8, 4) is 0 Å². The van der Waals surface area contributed by atoms with Crippen LogP contribution in [0.15, 0.2) is 102 Å². The van der Waals surface area contributed by atoms with Crippen molar-refractivity contribution in [3.63, 3.8) is 0 Å². The Morgan fingerprint density at radius 1 is 0.943 bits per heavy atom. The minimum Gasteiger partial charge on any atom is -0.398 e. The zero-order valence-corrected chi connectivity index (χ0v) is 18.9. The standard InChI is InChI=1S/C26H19ClF3N3O2/c1-17(32-15-14-23(31)19-8-5-9-21(27)16-19)33(22-12-10-20(11-13-22)26(28,29)30)25(35)24(34)18-6-3-2-4-7-18/h2-16H,1,31H2/b23-14-,32-15-. The number of ketones is 1. The molecule has 0 bridgehead atoms. The highest BCUT2D eigenvalue weighted by Gasteiger charge is 2.31. The molecule has 1 amide bonds. The molecule has 0 atom stereocenters. The van der Waals surface area contributed by atoms with Gasteiger partial charge >= 0.3 is 12.1 Å². The largest absolute Gasteiger partial charge is 0.416 e. The van der Waals surface area contributed by atoms with Crippen molar-refractivity contribution in [3.05, 3.63) is 119 Å². The Hall–Kier alpha value is -4.17. The van der Waals surface area contributed by atoms with E-state index < -0.39 is 23.4 Å². The maximum atomic E-state index is 13.1. The van der Waals surface area contributed by atoms with Gasteiger partial charge < -0.3 is 5.73 Å². The first-order valence-corrected chi connectivity index (χ1v) is 10.5. The highest BCUT2D eigenvalue weighted by atomic mass is 35.5. The summed E-state index contributed by atoms with van der Waals surface area (Å²) in [6.45, 7) is 3.72. The lowest BCUT2D eigenvalue weighted by Crippen LogP contribution is -2.35. The summed E-state index contributed by atoms with van der Waals surface area (Å²) in [6.07, 6.45) is -1.87. The maximum absolute atomic E-state index is 13.1. The second-order valence-corrected chi connectivity index (χ2v) is 7.64. The van der Waals surface area contributed by atoms with Crippen LogP contribution in [0.3, 0.4) is 0 Å². The van der Waals surface area contributed by atoms with E-state index in [4.69, 9.17) is 17.3 Å². The smallest absolute Gasteiger partial charge is 0.398 e. The monoisotopic (exact) mass is 497 g/mol. The Bertz CT molecular complexity index is 1300. The van der Waals surface area contributed by atoms with Gasteiger partial charge in [-0.3, -0.25) is 14.5 Å². The summed E-state index contributed by atoms with van der Waals surface area (Å²) >= 11 is 5.96. The predicted molar refractivity (Wildman–Crippen MR) is 131 cm³/mol. The van der Waals surface area contributed by atoms with Crippen LogP contribution in [0.1, 0.15) is 21.5 Å². The number of nitrogens with two attached hydrogens (primary N) is 1. The van der Waals surface area contributed by atoms with E-state index in [1.807, 2.05) is 0 Å². The predicted octanol–water partition coefficient (Wildman–Crippen LogP) is 6.12. The van der Waals surface area contributed by atoms with Gasteiger partial charge in [-0.15, -0.1) is 0 Å². The Morgan fingerprint density at radius 3 is 2.17 bits per heavy atom. The minimum absolute atomic E-state index is 0.0128. The van der Waals surface area contributed by atoms with Crippen molar-refractivity contribution in [2.75, 3.05) is 4.90 Å². The fraction of sp³-hybridized carbons (Fsp3) is 0.0385. The zero-order valence-electron chi connectivity index (χ0n) is 18.2. The third-order valence-electron chi connectivity index (χ3n) is 4.78. The molecule has 0 heterocycles. The van der Waals surface area contributed by atoms with Crippen molar-refractivity contribution < 1.29 is 22.8 Å². The Balaban J connectivity index is 1.93. The quantitative estimate of drug-likeness (QED) is 0.243. The molecule has 35 heavy (non-hydrogen) atoms. The van der Waals surface area contributed by atoms with Crippen LogP contribution in [-0.2, 0) is 11.0 Å². The molecule has 0 aliphatic carbocycles. The summed E-state index contributed by atoms with van der Waals surface area (Å²) in [6, 6.07) is 18.3. The molecule has 2 N–H and O–H groups in total. The van der Waals surface area contributed by atoms with E-state index >= 15 is 0 Å². The lowest BCUT2D eigenvalue weighted by Gasteiger charge is -2.22. The van der Waals surface area contributed by atoms with Gasteiger partial charge in [-0.1, -0.05) is 60.6 Å². The number of nitrogens with zero attached hydrogens (tertiary/aromatic N) is 2. The number of benzene rings is 3. The van der Waals surface area contributed by atoms with Crippen LogP contribution >= 0.6 is 11.6 Å².